The topological polar surface area (TPSA) is 20.2 Å². The van der Waals surface area contributed by atoms with Gasteiger partial charge in [-0.15, -0.1) is 0 Å². The van der Waals surface area contributed by atoms with E-state index in [4.69, 9.17) is 11.6 Å². The minimum absolute atomic E-state index is 0.0219. The highest BCUT2D eigenvalue weighted by Crippen LogP contribution is 2.34. The van der Waals surface area contributed by atoms with Gasteiger partial charge in [0.25, 0.3) is 0 Å². The zero-order chi connectivity index (χ0) is 14.2. The molecule has 19 heavy (non-hydrogen) atoms. The van der Waals surface area contributed by atoms with E-state index in [0.29, 0.717) is 10.0 Å². The highest BCUT2D eigenvalue weighted by molar-refractivity contribution is 9.10. The molecule has 1 unspecified atom stereocenters. The Labute approximate surface area is 132 Å². The molecule has 0 saturated carbocycles. The van der Waals surface area contributed by atoms with Crippen LogP contribution in [0.3, 0.4) is 0 Å². The number of benzene rings is 2. The summed E-state index contributed by atoms with van der Waals surface area (Å²) in [7, 11) is 0. The van der Waals surface area contributed by atoms with Crippen molar-refractivity contribution >= 4 is 43.5 Å². The monoisotopic (exact) mass is 406 g/mol. The van der Waals surface area contributed by atoms with Crippen LogP contribution in [0.1, 0.15) is 22.8 Å². The minimum Gasteiger partial charge on any atom is -0.384 e. The van der Waals surface area contributed by atoms with Gasteiger partial charge in [-0.25, -0.2) is 4.39 Å². The summed E-state index contributed by atoms with van der Waals surface area (Å²) in [5.74, 6) is -0.606. The summed E-state index contributed by atoms with van der Waals surface area (Å²) in [6.07, 6.45) is -1.04. The number of rotatable bonds is 2. The number of aryl methyl sites for hydroxylation is 1. The van der Waals surface area contributed by atoms with E-state index in [9.17, 15) is 9.50 Å². The van der Waals surface area contributed by atoms with Crippen LogP contribution < -0.4 is 0 Å². The molecule has 1 nitrogen and oxygen atoms in total. The Morgan fingerprint density at radius 2 is 1.79 bits per heavy atom. The fourth-order valence-corrected chi connectivity index (χ4v) is 2.82. The predicted octanol–water partition coefficient (Wildman–Crippen LogP) is 5.39. The number of halogens is 4. The van der Waals surface area contributed by atoms with E-state index >= 15 is 0 Å². The Hall–Kier alpha value is -0.420. The summed E-state index contributed by atoms with van der Waals surface area (Å²) >= 11 is 12.3. The van der Waals surface area contributed by atoms with Crippen LogP contribution in [-0.4, -0.2) is 5.11 Å². The molecule has 2 aromatic rings. The molecule has 0 saturated heterocycles. The number of hydrogen-bond donors (Lipinski definition) is 1. The van der Waals surface area contributed by atoms with Crippen molar-refractivity contribution in [2.45, 2.75) is 13.0 Å². The summed E-state index contributed by atoms with van der Waals surface area (Å²) in [5, 5.41) is 10.3. The maximum absolute atomic E-state index is 14.1. The molecule has 0 aliphatic rings. The van der Waals surface area contributed by atoms with Crippen LogP contribution in [0, 0.1) is 12.7 Å². The average molecular weight is 408 g/mol. The Morgan fingerprint density at radius 3 is 2.42 bits per heavy atom. The Kier molecular flexibility index (Phi) is 4.66. The van der Waals surface area contributed by atoms with E-state index in [2.05, 4.69) is 31.9 Å². The highest BCUT2D eigenvalue weighted by Gasteiger charge is 2.20. The third kappa shape index (κ3) is 3.02. The van der Waals surface area contributed by atoms with Gasteiger partial charge in [0.05, 0.1) is 5.02 Å². The van der Waals surface area contributed by atoms with Gasteiger partial charge in [0.1, 0.15) is 11.9 Å². The molecule has 0 aliphatic carbocycles. The normalized spacial score (nSPS) is 12.5. The molecule has 2 aromatic carbocycles. The summed E-state index contributed by atoms with van der Waals surface area (Å²) < 4.78 is 15.5. The van der Waals surface area contributed by atoms with E-state index in [-0.39, 0.29) is 10.6 Å². The molecule has 0 bridgehead atoms. The maximum atomic E-state index is 14.1. The van der Waals surface area contributed by atoms with Gasteiger partial charge in [0.2, 0.25) is 0 Å². The minimum atomic E-state index is -1.04. The van der Waals surface area contributed by atoms with Crippen LogP contribution in [-0.2, 0) is 0 Å². The highest BCUT2D eigenvalue weighted by atomic mass is 79.9. The van der Waals surface area contributed by atoms with Gasteiger partial charge in [-0.2, -0.15) is 0 Å². The molecule has 0 aromatic heterocycles. The molecular formula is C14H10Br2ClFO. The molecule has 0 heterocycles. The van der Waals surface area contributed by atoms with Gasteiger partial charge in [-0.1, -0.05) is 39.7 Å². The molecule has 0 aliphatic heterocycles. The summed E-state index contributed by atoms with van der Waals surface area (Å²) in [4.78, 5) is 0. The molecule has 1 N–H and O–H groups in total. The second kappa shape index (κ2) is 5.92. The van der Waals surface area contributed by atoms with E-state index in [0.717, 1.165) is 10.0 Å². The molecule has 5 heteroatoms. The van der Waals surface area contributed by atoms with E-state index in [1.807, 2.05) is 19.1 Å². The lowest BCUT2D eigenvalue weighted by Gasteiger charge is -2.16. The molecule has 0 radical (unpaired) electrons. The standard InChI is InChI=1S/C14H10Br2ClFO/c1-7-6-8(15)2-3-9(7)14(19)10-4-5-11(16)12(17)13(10)18/h2-6,14,19H,1H3. The molecule has 100 valence electrons. The quantitative estimate of drug-likeness (QED) is 0.660. The van der Waals surface area contributed by atoms with Crippen molar-refractivity contribution in [3.05, 3.63) is 66.8 Å². The van der Waals surface area contributed by atoms with Crippen LogP contribution in [0.15, 0.2) is 39.3 Å². The third-order valence-corrected chi connectivity index (χ3v) is 4.64. The molecule has 0 spiro atoms. The van der Waals surface area contributed by atoms with Crippen LogP contribution in [0.5, 0.6) is 0 Å². The SMILES string of the molecule is Cc1cc(Br)ccc1C(O)c1ccc(Br)c(Cl)c1F. The van der Waals surface area contributed by atoms with Crippen molar-refractivity contribution in [1.29, 1.82) is 0 Å². The second-order valence-electron chi connectivity index (χ2n) is 4.17. The van der Waals surface area contributed by atoms with Crippen molar-refractivity contribution in [2.24, 2.45) is 0 Å². The number of aliphatic hydroxyl groups is 1. The van der Waals surface area contributed by atoms with Crippen LogP contribution in [0.4, 0.5) is 4.39 Å². The van der Waals surface area contributed by atoms with Gasteiger partial charge in [0.15, 0.2) is 0 Å². The van der Waals surface area contributed by atoms with Crippen molar-refractivity contribution < 1.29 is 9.50 Å². The van der Waals surface area contributed by atoms with Crippen molar-refractivity contribution in [3.63, 3.8) is 0 Å². The van der Waals surface area contributed by atoms with Crippen molar-refractivity contribution in [2.75, 3.05) is 0 Å². The smallest absolute Gasteiger partial charge is 0.149 e. The van der Waals surface area contributed by atoms with Crippen molar-refractivity contribution in [1.82, 2.24) is 0 Å². The molecule has 0 amide bonds. The van der Waals surface area contributed by atoms with Gasteiger partial charge >= 0.3 is 0 Å². The number of aliphatic hydroxyl groups excluding tert-OH is 1. The van der Waals surface area contributed by atoms with Gasteiger partial charge in [-0.05, 0) is 52.2 Å². The predicted molar refractivity (Wildman–Crippen MR) is 82.1 cm³/mol. The average Bonchev–Trinajstić information content (AvgIpc) is 2.35. The lowest BCUT2D eigenvalue weighted by Crippen LogP contribution is -2.05. The first-order chi connectivity index (χ1) is 8.91. The molecule has 2 rings (SSSR count). The lowest BCUT2D eigenvalue weighted by atomic mass is 9.97. The largest absolute Gasteiger partial charge is 0.384 e. The summed E-state index contributed by atoms with van der Waals surface area (Å²) in [6, 6.07) is 8.59. The second-order valence-corrected chi connectivity index (χ2v) is 6.32. The lowest BCUT2D eigenvalue weighted by molar-refractivity contribution is 0.214. The number of hydrogen-bond acceptors (Lipinski definition) is 1. The van der Waals surface area contributed by atoms with Crippen LogP contribution in [0.2, 0.25) is 5.02 Å². The summed E-state index contributed by atoms with van der Waals surface area (Å²) in [5.41, 5.74) is 1.69. The fourth-order valence-electron chi connectivity index (χ4n) is 1.87. The fraction of sp³-hybridized carbons (Fsp3) is 0.143. The first kappa shape index (κ1) is 15.0. The first-order valence-electron chi connectivity index (χ1n) is 5.49. The molecule has 0 fully saturated rings. The molecule has 1 atom stereocenters. The van der Waals surface area contributed by atoms with E-state index in [1.165, 1.54) is 6.07 Å². The Morgan fingerprint density at radius 1 is 1.16 bits per heavy atom. The summed E-state index contributed by atoms with van der Waals surface area (Å²) in [6.45, 7) is 1.86. The van der Waals surface area contributed by atoms with Crippen LogP contribution in [0.25, 0.3) is 0 Å². The zero-order valence-electron chi connectivity index (χ0n) is 9.92. The van der Waals surface area contributed by atoms with Gasteiger partial charge < -0.3 is 5.11 Å². The zero-order valence-corrected chi connectivity index (χ0v) is 13.9. The Balaban J connectivity index is 2.50. The van der Waals surface area contributed by atoms with Crippen LogP contribution >= 0.6 is 43.5 Å². The van der Waals surface area contributed by atoms with E-state index in [1.54, 1.807) is 12.1 Å². The maximum Gasteiger partial charge on any atom is 0.149 e. The van der Waals surface area contributed by atoms with Gasteiger partial charge in [0, 0.05) is 14.5 Å². The Bertz CT molecular complexity index is 631. The van der Waals surface area contributed by atoms with Gasteiger partial charge in [-0.3, -0.25) is 0 Å². The first-order valence-corrected chi connectivity index (χ1v) is 7.45. The third-order valence-electron chi connectivity index (χ3n) is 2.89. The van der Waals surface area contributed by atoms with E-state index < -0.39 is 11.9 Å². The molecular weight excluding hydrogens is 398 g/mol. The van der Waals surface area contributed by atoms with Crippen molar-refractivity contribution in [3.8, 4) is 0 Å².